The molecule has 0 amide bonds. The molecular formula is C18H23F3N4O2. The van der Waals surface area contributed by atoms with E-state index in [0.717, 1.165) is 25.3 Å². The van der Waals surface area contributed by atoms with Gasteiger partial charge in [-0.2, -0.15) is 18.2 Å². The normalized spacial score (nSPS) is 30.4. The first-order valence-electron chi connectivity index (χ1n) is 9.45. The fourth-order valence-electron chi connectivity index (χ4n) is 4.72. The van der Waals surface area contributed by atoms with Gasteiger partial charge in [0.05, 0.1) is 0 Å². The predicted octanol–water partition coefficient (Wildman–Crippen LogP) is 3.32. The summed E-state index contributed by atoms with van der Waals surface area (Å²) in [5, 5.41) is 9.06. The van der Waals surface area contributed by atoms with Gasteiger partial charge in [0.2, 0.25) is 5.95 Å². The van der Waals surface area contributed by atoms with Crippen molar-refractivity contribution in [1.29, 1.82) is 0 Å². The lowest BCUT2D eigenvalue weighted by atomic mass is 9.88. The van der Waals surface area contributed by atoms with Gasteiger partial charge in [-0.15, -0.1) is 0 Å². The number of halogens is 3. The molecule has 9 heteroatoms. The van der Waals surface area contributed by atoms with Crippen molar-refractivity contribution in [3.05, 3.63) is 11.8 Å². The van der Waals surface area contributed by atoms with E-state index in [2.05, 4.69) is 9.97 Å². The zero-order valence-electron chi connectivity index (χ0n) is 15.1. The standard InChI is InChI=1S/C18H23F3N4O2/c1-10-4-5-24(10)17-22-14(18(19,20)21)9-15(23-17)25-12-2-3-13(25)7-11(6-12)8-16(26)27/h9-13H,2-8H2,1H3,(H,26,27)/t10-,11?,12?,13?/m0/s1. The number of nitrogens with zero attached hydrogens (tertiary/aromatic N) is 4. The highest BCUT2D eigenvalue weighted by Gasteiger charge is 2.43. The predicted molar refractivity (Wildman–Crippen MR) is 92.7 cm³/mol. The number of rotatable bonds is 4. The second-order valence-corrected chi connectivity index (χ2v) is 7.97. The van der Waals surface area contributed by atoms with Crippen LogP contribution in [0.25, 0.3) is 0 Å². The molecule has 3 atom stereocenters. The lowest BCUT2D eigenvalue weighted by Gasteiger charge is -2.41. The number of aromatic nitrogens is 2. The van der Waals surface area contributed by atoms with E-state index in [-0.39, 0.29) is 36.4 Å². The van der Waals surface area contributed by atoms with Crippen molar-refractivity contribution in [3.8, 4) is 0 Å². The van der Waals surface area contributed by atoms with Crippen LogP contribution in [0.4, 0.5) is 24.9 Å². The first-order chi connectivity index (χ1) is 12.7. The first kappa shape index (κ1) is 18.3. The molecule has 148 valence electrons. The summed E-state index contributed by atoms with van der Waals surface area (Å²) in [7, 11) is 0. The molecule has 3 fully saturated rings. The molecule has 0 aliphatic carbocycles. The van der Waals surface area contributed by atoms with Crippen molar-refractivity contribution >= 4 is 17.7 Å². The number of anilines is 2. The van der Waals surface area contributed by atoms with E-state index < -0.39 is 17.8 Å². The quantitative estimate of drug-likeness (QED) is 0.859. The van der Waals surface area contributed by atoms with E-state index in [1.807, 2.05) is 11.8 Å². The molecule has 0 aromatic carbocycles. The van der Waals surface area contributed by atoms with E-state index in [1.54, 1.807) is 4.90 Å². The summed E-state index contributed by atoms with van der Waals surface area (Å²) in [5.74, 6) is -0.267. The molecule has 0 spiro atoms. The smallest absolute Gasteiger partial charge is 0.433 e. The molecule has 0 saturated carbocycles. The van der Waals surface area contributed by atoms with Gasteiger partial charge < -0.3 is 14.9 Å². The molecule has 1 aromatic rings. The fraction of sp³-hybridized carbons (Fsp3) is 0.722. The second-order valence-electron chi connectivity index (χ2n) is 7.97. The zero-order chi connectivity index (χ0) is 19.3. The van der Waals surface area contributed by atoms with Crippen molar-refractivity contribution < 1.29 is 23.1 Å². The highest BCUT2D eigenvalue weighted by Crippen LogP contribution is 2.43. The first-order valence-corrected chi connectivity index (χ1v) is 9.45. The molecular weight excluding hydrogens is 361 g/mol. The maximum absolute atomic E-state index is 13.4. The van der Waals surface area contributed by atoms with Crippen LogP contribution in [0.3, 0.4) is 0 Å². The van der Waals surface area contributed by atoms with Gasteiger partial charge in [0.15, 0.2) is 5.69 Å². The Morgan fingerprint density at radius 1 is 1.22 bits per heavy atom. The van der Waals surface area contributed by atoms with E-state index in [9.17, 15) is 18.0 Å². The average Bonchev–Trinajstić information content (AvgIpc) is 2.83. The molecule has 4 heterocycles. The van der Waals surface area contributed by atoms with Gasteiger partial charge in [0, 0.05) is 37.2 Å². The molecule has 3 aliphatic heterocycles. The van der Waals surface area contributed by atoms with Gasteiger partial charge in [-0.3, -0.25) is 4.79 Å². The van der Waals surface area contributed by atoms with E-state index >= 15 is 0 Å². The fourth-order valence-corrected chi connectivity index (χ4v) is 4.72. The number of carboxylic acids is 1. The number of carboxylic acid groups (broad SMARTS) is 1. The lowest BCUT2D eigenvalue weighted by molar-refractivity contribution is -0.141. The molecule has 27 heavy (non-hydrogen) atoms. The molecule has 3 saturated heterocycles. The third-order valence-corrected chi connectivity index (χ3v) is 6.13. The number of carbonyl (C=O) groups is 1. The minimum Gasteiger partial charge on any atom is -0.481 e. The highest BCUT2D eigenvalue weighted by molar-refractivity contribution is 5.67. The third kappa shape index (κ3) is 3.43. The maximum Gasteiger partial charge on any atom is 0.433 e. The van der Waals surface area contributed by atoms with Crippen LogP contribution in [-0.4, -0.2) is 45.7 Å². The Morgan fingerprint density at radius 2 is 1.89 bits per heavy atom. The van der Waals surface area contributed by atoms with Crippen LogP contribution >= 0.6 is 0 Å². The number of alkyl halides is 3. The summed E-state index contributed by atoms with van der Waals surface area (Å²) in [6, 6.07) is 1.28. The molecule has 2 unspecified atom stereocenters. The Bertz CT molecular complexity index is 728. The Labute approximate surface area is 155 Å². The van der Waals surface area contributed by atoms with Gasteiger partial charge in [0.1, 0.15) is 5.82 Å². The number of piperidine rings is 1. The van der Waals surface area contributed by atoms with Crippen molar-refractivity contribution in [2.24, 2.45) is 5.92 Å². The number of fused-ring (bicyclic) bond motifs is 2. The Hall–Kier alpha value is -2.06. The summed E-state index contributed by atoms with van der Waals surface area (Å²) >= 11 is 0. The number of aliphatic carboxylic acids is 1. The van der Waals surface area contributed by atoms with E-state index in [0.29, 0.717) is 25.2 Å². The van der Waals surface area contributed by atoms with Crippen molar-refractivity contribution in [2.75, 3.05) is 16.3 Å². The molecule has 3 aliphatic rings. The minimum atomic E-state index is -4.53. The van der Waals surface area contributed by atoms with Gasteiger partial charge in [0.25, 0.3) is 0 Å². The van der Waals surface area contributed by atoms with Crippen LogP contribution in [0.5, 0.6) is 0 Å². The highest BCUT2D eigenvalue weighted by atomic mass is 19.4. The summed E-state index contributed by atoms with van der Waals surface area (Å²) in [4.78, 5) is 23.1. The van der Waals surface area contributed by atoms with Crippen molar-refractivity contribution in [2.45, 2.75) is 69.8 Å². The zero-order valence-corrected chi connectivity index (χ0v) is 15.1. The van der Waals surface area contributed by atoms with Crippen molar-refractivity contribution in [1.82, 2.24) is 9.97 Å². The van der Waals surface area contributed by atoms with Crippen LogP contribution in [0.1, 0.15) is 51.1 Å². The van der Waals surface area contributed by atoms with Crippen LogP contribution in [0.15, 0.2) is 6.07 Å². The van der Waals surface area contributed by atoms with Gasteiger partial charge >= 0.3 is 12.1 Å². The van der Waals surface area contributed by atoms with Crippen LogP contribution < -0.4 is 9.80 Å². The minimum absolute atomic E-state index is 0.0470. The Morgan fingerprint density at radius 3 is 2.37 bits per heavy atom. The van der Waals surface area contributed by atoms with Gasteiger partial charge in [-0.25, -0.2) is 4.98 Å². The topological polar surface area (TPSA) is 69.6 Å². The monoisotopic (exact) mass is 384 g/mol. The number of hydrogen-bond donors (Lipinski definition) is 1. The third-order valence-electron chi connectivity index (χ3n) is 6.13. The Kier molecular flexibility index (Phi) is 4.43. The molecule has 2 bridgehead atoms. The largest absolute Gasteiger partial charge is 0.481 e. The summed E-state index contributed by atoms with van der Waals surface area (Å²) < 4.78 is 40.3. The van der Waals surface area contributed by atoms with Crippen LogP contribution in [0, 0.1) is 5.92 Å². The molecule has 6 nitrogen and oxygen atoms in total. The summed E-state index contributed by atoms with van der Waals surface area (Å²) in [6.07, 6.45) is -0.395. The maximum atomic E-state index is 13.4. The Balaban J connectivity index is 1.65. The van der Waals surface area contributed by atoms with Crippen LogP contribution in [0.2, 0.25) is 0 Å². The SMILES string of the molecule is C[C@H]1CCN1c1nc(N2C3CCC2CC(CC(=O)O)C3)cc(C(F)(F)F)n1. The summed E-state index contributed by atoms with van der Waals surface area (Å²) in [6.45, 7) is 2.61. The van der Waals surface area contributed by atoms with Gasteiger partial charge in [-0.05, 0) is 44.9 Å². The summed E-state index contributed by atoms with van der Waals surface area (Å²) in [5.41, 5.74) is -0.909. The van der Waals surface area contributed by atoms with Gasteiger partial charge in [-0.1, -0.05) is 0 Å². The van der Waals surface area contributed by atoms with E-state index in [4.69, 9.17) is 5.11 Å². The average molecular weight is 384 g/mol. The molecule has 1 N–H and O–H groups in total. The molecule has 1 aromatic heterocycles. The van der Waals surface area contributed by atoms with E-state index in [1.165, 1.54) is 0 Å². The lowest BCUT2D eigenvalue weighted by Crippen LogP contribution is -2.48. The number of hydrogen-bond acceptors (Lipinski definition) is 5. The molecule has 4 rings (SSSR count). The molecule has 0 radical (unpaired) electrons. The second kappa shape index (κ2) is 6.53. The van der Waals surface area contributed by atoms with Crippen molar-refractivity contribution in [3.63, 3.8) is 0 Å². The van der Waals surface area contributed by atoms with Crippen LogP contribution in [-0.2, 0) is 11.0 Å².